The molecule has 0 aromatic carbocycles. The van der Waals surface area contributed by atoms with Crippen molar-refractivity contribution in [2.75, 3.05) is 26.3 Å². The lowest BCUT2D eigenvalue weighted by Gasteiger charge is -2.42. The van der Waals surface area contributed by atoms with Crippen LogP contribution < -0.4 is 5.32 Å². The topological polar surface area (TPSA) is 98.3 Å². The SMILES string of the molecule is Cc1cc(Cn2nnc(C(=O)N3CC(NC4COC4)C3)c2C)no1. The molecule has 4 rings (SSSR count). The molecule has 128 valence electrons. The summed E-state index contributed by atoms with van der Waals surface area (Å²) in [7, 11) is 0. The summed E-state index contributed by atoms with van der Waals surface area (Å²) < 4.78 is 11.9. The number of ether oxygens (including phenoxy) is 1. The van der Waals surface area contributed by atoms with E-state index in [1.165, 1.54) is 0 Å². The van der Waals surface area contributed by atoms with Gasteiger partial charge in [0.2, 0.25) is 0 Å². The van der Waals surface area contributed by atoms with Crippen molar-refractivity contribution < 1.29 is 14.1 Å². The molecular formula is C15H20N6O3. The summed E-state index contributed by atoms with van der Waals surface area (Å²) in [5, 5.41) is 15.5. The minimum Gasteiger partial charge on any atom is -0.378 e. The molecule has 24 heavy (non-hydrogen) atoms. The molecule has 2 saturated heterocycles. The van der Waals surface area contributed by atoms with Crippen LogP contribution in [0.1, 0.15) is 27.6 Å². The smallest absolute Gasteiger partial charge is 0.276 e. The second-order valence-electron chi connectivity index (χ2n) is 6.42. The Morgan fingerprint density at radius 3 is 2.75 bits per heavy atom. The van der Waals surface area contributed by atoms with Gasteiger partial charge in [0, 0.05) is 25.2 Å². The average molecular weight is 332 g/mol. The largest absolute Gasteiger partial charge is 0.378 e. The van der Waals surface area contributed by atoms with Crippen LogP contribution in [0.3, 0.4) is 0 Å². The van der Waals surface area contributed by atoms with Gasteiger partial charge in [-0.1, -0.05) is 10.4 Å². The van der Waals surface area contributed by atoms with Crippen LogP contribution in [0.2, 0.25) is 0 Å². The lowest BCUT2D eigenvalue weighted by Crippen LogP contribution is -2.64. The van der Waals surface area contributed by atoms with Crippen molar-refractivity contribution in [2.45, 2.75) is 32.5 Å². The summed E-state index contributed by atoms with van der Waals surface area (Å²) in [5.74, 6) is 0.674. The highest BCUT2D eigenvalue weighted by atomic mass is 16.5. The summed E-state index contributed by atoms with van der Waals surface area (Å²) >= 11 is 0. The summed E-state index contributed by atoms with van der Waals surface area (Å²) in [6, 6.07) is 2.62. The first-order valence-corrected chi connectivity index (χ1v) is 8.05. The van der Waals surface area contributed by atoms with Crippen molar-refractivity contribution in [3.63, 3.8) is 0 Å². The standard InChI is InChI=1S/C15H20N6O3/c1-9-3-11(18-24-9)6-21-10(2)14(17-19-21)15(22)20-4-12(5-20)16-13-7-23-8-13/h3,12-13,16H,4-8H2,1-2H3. The van der Waals surface area contributed by atoms with Crippen LogP contribution in [-0.4, -0.2) is 69.3 Å². The Kier molecular flexibility index (Phi) is 3.81. The van der Waals surface area contributed by atoms with Crippen molar-refractivity contribution in [1.82, 2.24) is 30.4 Å². The predicted molar refractivity (Wildman–Crippen MR) is 82.5 cm³/mol. The number of aromatic nitrogens is 4. The van der Waals surface area contributed by atoms with Crippen molar-refractivity contribution >= 4 is 5.91 Å². The Morgan fingerprint density at radius 2 is 2.12 bits per heavy atom. The van der Waals surface area contributed by atoms with Gasteiger partial charge in [0.15, 0.2) is 5.69 Å². The van der Waals surface area contributed by atoms with Crippen LogP contribution in [0.25, 0.3) is 0 Å². The third-order valence-corrected chi connectivity index (χ3v) is 4.45. The van der Waals surface area contributed by atoms with E-state index < -0.39 is 0 Å². The summed E-state index contributed by atoms with van der Waals surface area (Å²) in [6.45, 7) is 7.05. The normalized spacial score (nSPS) is 18.5. The van der Waals surface area contributed by atoms with Gasteiger partial charge in [-0.15, -0.1) is 5.10 Å². The predicted octanol–water partition coefficient (Wildman–Crippen LogP) is -0.256. The zero-order valence-corrected chi connectivity index (χ0v) is 13.7. The summed E-state index contributed by atoms with van der Waals surface area (Å²) in [6.07, 6.45) is 0. The molecule has 4 heterocycles. The molecule has 0 bridgehead atoms. The van der Waals surface area contributed by atoms with Gasteiger partial charge in [-0.05, 0) is 13.8 Å². The van der Waals surface area contributed by atoms with Gasteiger partial charge in [-0.3, -0.25) is 4.79 Å². The number of rotatable bonds is 5. The highest BCUT2D eigenvalue weighted by Gasteiger charge is 2.35. The van der Waals surface area contributed by atoms with E-state index in [0.29, 0.717) is 37.4 Å². The second kappa shape index (κ2) is 5.99. The molecule has 0 aliphatic carbocycles. The van der Waals surface area contributed by atoms with E-state index in [1.54, 1.807) is 9.58 Å². The molecule has 0 spiro atoms. The first kappa shape index (κ1) is 15.3. The molecule has 2 aromatic heterocycles. The quantitative estimate of drug-likeness (QED) is 0.806. The maximum atomic E-state index is 12.6. The zero-order chi connectivity index (χ0) is 16.7. The number of amides is 1. The van der Waals surface area contributed by atoms with Crippen LogP contribution in [-0.2, 0) is 11.3 Å². The molecule has 0 atom stereocenters. The number of nitrogens with zero attached hydrogens (tertiary/aromatic N) is 5. The van der Waals surface area contributed by atoms with Crippen LogP contribution in [0.5, 0.6) is 0 Å². The molecule has 2 fully saturated rings. The summed E-state index contributed by atoms with van der Waals surface area (Å²) in [4.78, 5) is 14.3. The molecule has 1 amide bonds. The Morgan fingerprint density at radius 1 is 1.33 bits per heavy atom. The minimum absolute atomic E-state index is 0.0713. The first-order chi connectivity index (χ1) is 11.6. The molecule has 2 aromatic rings. The number of carbonyl (C=O) groups excluding carboxylic acids is 1. The van der Waals surface area contributed by atoms with Gasteiger partial charge in [0.1, 0.15) is 11.5 Å². The summed E-state index contributed by atoms with van der Waals surface area (Å²) in [5.41, 5.74) is 1.90. The van der Waals surface area contributed by atoms with Gasteiger partial charge < -0.3 is 19.5 Å². The Labute approximate surface area is 138 Å². The second-order valence-corrected chi connectivity index (χ2v) is 6.42. The molecule has 9 nitrogen and oxygen atoms in total. The lowest BCUT2D eigenvalue weighted by atomic mass is 10.1. The molecule has 0 radical (unpaired) electrons. The van der Waals surface area contributed by atoms with E-state index in [0.717, 1.165) is 30.4 Å². The van der Waals surface area contributed by atoms with E-state index in [9.17, 15) is 4.79 Å². The first-order valence-electron chi connectivity index (χ1n) is 8.05. The van der Waals surface area contributed by atoms with Crippen LogP contribution in [0.4, 0.5) is 0 Å². The van der Waals surface area contributed by atoms with Crippen molar-refractivity contribution in [3.05, 3.63) is 28.9 Å². The lowest BCUT2D eigenvalue weighted by molar-refractivity contribution is -0.0210. The van der Waals surface area contributed by atoms with Gasteiger partial charge in [0.05, 0.1) is 31.5 Å². The average Bonchev–Trinajstić information content (AvgIpc) is 3.02. The van der Waals surface area contributed by atoms with E-state index >= 15 is 0 Å². The van der Waals surface area contributed by atoms with E-state index in [-0.39, 0.29) is 5.91 Å². The van der Waals surface area contributed by atoms with Crippen LogP contribution >= 0.6 is 0 Å². The number of carbonyl (C=O) groups is 1. The van der Waals surface area contributed by atoms with Gasteiger partial charge in [0.25, 0.3) is 5.91 Å². The molecule has 0 saturated carbocycles. The maximum Gasteiger partial charge on any atom is 0.276 e. The van der Waals surface area contributed by atoms with Crippen molar-refractivity contribution in [1.29, 1.82) is 0 Å². The Bertz CT molecular complexity index is 744. The van der Waals surface area contributed by atoms with E-state index in [2.05, 4.69) is 20.8 Å². The molecule has 9 heteroatoms. The highest BCUT2D eigenvalue weighted by molar-refractivity contribution is 5.93. The third kappa shape index (κ3) is 2.80. The number of nitrogens with one attached hydrogen (secondary N) is 1. The molecule has 2 aliphatic rings. The van der Waals surface area contributed by atoms with Gasteiger partial charge >= 0.3 is 0 Å². The minimum atomic E-state index is -0.0713. The maximum absolute atomic E-state index is 12.6. The van der Waals surface area contributed by atoms with Crippen molar-refractivity contribution in [2.24, 2.45) is 0 Å². The molecule has 1 N–H and O–H groups in total. The molecular weight excluding hydrogens is 312 g/mol. The fourth-order valence-electron chi connectivity index (χ4n) is 2.92. The fourth-order valence-corrected chi connectivity index (χ4v) is 2.92. The monoisotopic (exact) mass is 332 g/mol. The number of hydrogen-bond acceptors (Lipinski definition) is 7. The third-order valence-electron chi connectivity index (χ3n) is 4.45. The molecule has 2 aliphatic heterocycles. The number of aryl methyl sites for hydroxylation is 1. The van der Waals surface area contributed by atoms with E-state index in [4.69, 9.17) is 9.26 Å². The van der Waals surface area contributed by atoms with Gasteiger partial charge in [-0.25, -0.2) is 4.68 Å². The Balaban J connectivity index is 1.37. The number of hydrogen-bond donors (Lipinski definition) is 1. The van der Waals surface area contributed by atoms with E-state index in [1.807, 2.05) is 19.9 Å². The fraction of sp³-hybridized carbons (Fsp3) is 0.600. The molecule has 0 unspecified atom stereocenters. The Hall–Kier alpha value is -2.26. The number of likely N-dealkylation sites (tertiary alicyclic amines) is 1. The zero-order valence-electron chi connectivity index (χ0n) is 13.7. The highest BCUT2D eigenvalue weighted by Crippen LogP contribution is 2.16. The van der Waals surface area contributed by atoms with Gasteiger partial charge in [-0.2, -0.15) is 0 Å². The van der Waals surface area contributed by atoms with Crippen LogP contribution in [0.15, 0.2) is 10.6 Å². The van der Waals surface area contributed by atoms with Crippen molar-refractivity contribution in [3.8, 4) is 0 Å². The van der Waals surface area contributed by atoms with Crippen LogP contribution in [0, 0.1) is 13.8 Å².